The summed E-state index contributed by atoms with van der Waals surface area (Å²) in [6.45, 7) is 3.71. The quantitative estimate of drug-likeness (QED) is 0.903. The van der Waals surface area contributed by atoms with Gasteiger partial charge in [0.05, 0.1) is 24.0 Å². The molecule has 5 nitrogen and oxygen atoms in total. The minimum Gasteiger partial charge on any atom is -0.323 e. The Kier molecular flexibility index (Phi) is 3.92. The van der Waals surface area contributed by atoms with Crippen molar-refractivity contribution >= 4 is 11.6 Å². The lowest BCUT2D eigenvalue weighted by molar-refractivity contribution is -0.120. The van der Waals surface area contributed by atoms with Gasteiger partial charge in [0, 0.05) is 12.1 Å². The Morgan fingerprint density at radius 1 is 1.19 bits per heavy atom. The van der Waals surface area contributed by atoms with Crippen molar-refractivity contribution in [1.82, 2.24) is 15.3 Å². The van der Waals surface area contributed by atoms with E-state index in [2.05, 4.69) is 27.5 Å². The third-order valence-electron chi connectivity index (χ3n) is 3.81. The number of benzene rings is 1. The molecule has 1 amide bonds. The molecule has 0 aliphatic carbocycles. The van der Waals surface area contributed by atoms with Gasteiger partial charge in [0.25, 0.3) is 0 Å². The van der Waals surface area contributed by atoms with Gasteiger partial charge in [-0.05, 0) is 12.5 Å². The van der Waals surface area contributed by atoms with E-state index < -0.39 is 0 Å². The van der Waals surface area contributed by atoms with Gasteiger partial charge in [-0.2, -0.15) is 0 Å². The normalized spacial score (nSPS) is 21.2. The summed E-state index contributed by atoms with van der Waals surface area (Å²) >= 11 is 0. The molecule has 2 N–H and O–H groups in total. The third-order valence-corrected chi connectivity index (χ3v) is 3.81. The van der Waals surface area contributed by atoms with Gasteiger partial charge in [-0.25, -0.2) is 9.97 Å². The van der Waals surface area contributed by atoms with E-state index in [1.165, 1.54) is 0 Å². The number of nitrogens with zero attached hydrogens (tertiary/aromatic N) is 2. The third kappa shape index (κ3) is 3.08. The highest BCUT2D eigenvalue weighted by atomic mass is 16.1. The van der Waals surface area contributed by atoms with E-state index in [0.717, 1.165) is 18.7 Å². The summed E-state index contributed by atoms with van der Waals surface area (Å²) in [5.41, 5.74) is 1.60. The molecule has 2 unspecified atom stereocenters. The van der Waals surface area contributed by atoms with Crippen molar-refractivity contribution in [2.45, 2.75) is 6.92 Å². The van der Waals surface area contributed by atoms with Gasteiger partial charge in [-0.15, -0.1) is 0 Å². The maximum Gasteiger partial charge on any atom is 0.229 e. The maximum absolute atomic E-state index is 12.2. The molecular formula is C16H18N4O. The molecule has 3 rings (SSSR count). The molecule has 2 heterocycles. The molecule has 5 heteroatoms. The second-order valence-corrected chi connectivity index (χ2v) is 5.39. The number of carbonyl (C=O) groups excluding carboxylic acids is 1. The van der Waals surface area contributed by atoms with Crippen LogP contribution < -0.4 is 10.6 Å². The topological polar surface area (TPSA) is 66.9 Å². The molecule has 1 saturated heterocycles. The van der Waals surface area contributed by atoms with Crippen LogP contribution in [-0.4, -0.2) is 29.0 Å². The number of nitrogens with one attached hydrogen (secondary N) is 2. The number of amides is 1. The lowest BCUT2D eigenvalue weighted by atomic mass is 9.97. The molecule has 1 aliphatic heterocycles. The zero-order valence-electron chi connectivity index (χ0n) is 11.9. The van der Waals surface area contributed by atoms with E-state index in [1.54, 1.807) is 12.4 Å². The Labute approximate surface area is 123 Å². The van der Waals surface area contributed by atoms with Gasteiger partial charge in [0.1, 0.15) is 0 Å². The van der Waals surface area contributed by atoms with E-state index >= 15 is 0 Å². The zero-order chi connectivity index (χ0) is 14.7. The molecule has 1 aromatic carbocycles. The van der Waals surface area contributed by atoms with Crippen LogP contribution in [0.4, 0.5) is 5.69 Å². The largest absolute Gasteiger partial charge is 0.323 e. The van der Waals surface area contributed by atoms with Crippen LogP contribution >= 0.6 is 0 Å². The molecule has 108 valence electrons. The molecule has 0 saturated carbocycles. The molecule has 1 fully saturated rings. The average Bonchev–Trinajstić information content (AvgIpc) is 2.95. The molecular weight excluding hydrogens is 264 g/mol. The summed E-state index contributed by atoms with van der Waals surface area (Å²) in [7, 11) is 0. The molecule has 2 atom stereocenters. The molecule has 1 aliphatic rings. The van der Waals surface area contributed by atoms with E-state index in [1.807, 2.05) is 30.3 Å². The summed E-state index contributed by atoms with van der Waals surface area (Å²) < 4.78 is 0. The van der Waals surface area contributed by atoms with Crippen LogP contribution in [0.3, 0.4) is 0 Å². The molecule has 0 bridgehead atoms. The minimum atomic E-state index is 0.0128. The predicted octanol–water partition coefficient (Wildman–Crippen LogP) is 1.94. The number of rotatable bonds is 3. The first-order chi connectivity index (χ1) is 10.2. The van der Waals surface area contributed by atoms with Crippen molar-refractivity contribution in [1.29, 1.82) is 0 Å². The fourth-order valence-corrected chi connectivity index (χ4v) is 2.52. The summed E-state index contributed by atoms with van der Waals surface area (Å²) in [6.07, 6.45) is 3.31. The van der Waals surface area contributed by atoms with Crippen LogP contribution in [0.5, 0.6) is 0 Å². The Morgan fingerprint density at radius 3 is 2.52 bits per heavy atom. The maximum atomic E-state index is 12.2. The predicted molar refractivity (Wildman–Crippen MR) is 81.6 cm³/mol. The van der Waals surface area contributed by atoms with Crippen LogP contribution in [-0.2, 0) is 4.79 Å². The molecule has 0 radical (unpaired) electrons. The lowest BCUT2D eigenvalue weighted by Crippen LogP contribution is -2.27. The van der Waals surface area contributed by atoms with Crippen molar-refractivity contribution in [3.05, 3.63) is 42.7 Å². The number of carbonyl (C=O) groups is 1. The number of anilines is 1. The summed E-state index contributed by atoms with van der Waals surface area (Å²) in [4.78, 5) is 20.8. The number of hydrogen-bond donors (Lipinski definition) is 2. The van der Waals surface area contributed by atoms with Gasteiger partial charge in [0.2, 0.25) is 5.91 Å². The summed E-state index contributed by atoms with van der Waals surface area (Å²) in [5.74, 6) is 1.06. The fraction of sp³-hybridized carbons (Fsp3) is 0.312. The van der Waals surface area contributed by atoms with Crippen molar-refractivity contribution in [2.75, 3.05) is 18.4 Å². The summed E-state index contributed by atoms with van der Waals surface area (Å²) in [6, 6.07) is 9.76. The Balaban J connectivity index is 1.69. The van der Waals surface area contributed by atoms with E-state index in [-0.39, 0.29) is 11.8 Å². The highest BCUT2D eigenvalue weighted by Gasteiger charge is 2.29. The van der Waals surface area contributed by atoms with Gasteiger partial charge in [0.15, 0.2) is 5.82 Å². The second-order valence-electron chi connectivity index (χ2n) is 5.39. The van der Waals surface area contributed by atoms with Crippen molar-refractivity contribution in [2.24, 2.45) is 11.8 Å². The van der Waals surface area contributed by atoms with Gasteiger partial charge in [-0.3, -0.25) is 4.79 Å². The SMILES string of the molecule is CC1CNCC1C(=O)Nc1cnc(-c2ccccc2)nc1. The second kappa shape index (κ2) is 6.01. The first-order valence-electron chi connectivity index (χ1n) is 7.13. The van der Waals surface area contributed by atoms with Crippen LogP contribution in [0.15, 0.2) is 42.7 Å². The summed E-state index contributed by atoms with van der Waals surface area (Å²) in [5, 5.41) is 6.12. The standard InChI is InChI=1S/C16H18N4O/c1-11-7-17-10-14(11)16(21)20-13-8-18-15(19-9-13)12-5-3-2-4-6-12/h2-6,8-9,11,14,17H,7,10H2,1H3,(H,20,21). The van der Waals surface area contributed by atoms with Crippen LogP contribution in [0.2, 0.25) is 0 Å². The van der Waals surface area contributed by atoms with Crippen LogP contribution in [0.25, 0.3) is 11.4 Å². The molecule has 21 heavy (non-hydrogen) atoms. The highest BCUT2D eigenvalue weighted by Crippen LogP contribution is 2.19. The first kappa shape index (κ1) is 13.7. The Bertz CT molecular complexity index is 612. The zero-order valence-corrected chi connectivity index (χ0v) is 11.9. The van der Waals surface area contributed by atoms with Gasteiger partial charge >= 0.3 is 0 Å². The van der Waals surface area contributed by atoms with E-state index in [9.17, 15) is 4.79 Å². The average molecular weight is 282 g/mol. The van der Waals surface area contributed by atoms with Gasteiger partial charge < -0.3 is 10.6 Å². The first-order valence-corrected chi connectivity index (χ1v) is 7.13. The number of aromatic nitrogens is 2. The van der Waals surface area contributed by atoms with Crippen LogP contribution in [0.1, 0.15) is 6.92 Å². The van der Waals surface area contributed by atoms with Crippen molar-refractivity contribution in [3.63, 3.8) is 0 Å². The molecule has 2 aromatic rings. The molecule has 1 aromatic heterocycles. The fourth-order valence-electron chi connectivity index (χ4n) is 2.52. The Morgan fingerprint density at radius 2 is 1.90 bits per heavy atom. The molecule has 0 spiro atoms. The minimum absolute atomic E-state index is 0.0128. The van der Waals surface area contributed by atoms with Crippen LogP contribution in [0, 0.1) is 11.8 Å². The van der Waals surface area contributed by atoms with Gasteiger partial charge in [-0.1, -0.05) is 37.3 Å². The van der Waals surface area contributed by atoms with Crippen molar-refractivity contribution < 1.29 is 4.79 Å². The Hall–Kier alpha value is -2.27. The lowest BCUT2D eigenvalue weighted by Gasteiger charge is -2.13. The van der Waals surface area contributed by atoms with E-state index in [0.29, 0.717) is 17.4 Å². The highest BCUT2D eigenvalue weighted by molar-refractivity contribution is 5.92. The van der Waals surface area contributed by atoms with E-state index in [4.69, 9.17) is 0 Å². The number of hydrogen-bond acceptors (Lipinski definition) is 4. The monoisotopic (exact) mass is 282 g/mol. The smallest absolute Gasteiger partial charge is 0.229 e. The van der Waals surface area contributed by atoms with Crippen molar-refractivity contribution in [3.8, 4) is 11.4 Å².